The Morgan fingerprint density at radius 1 is 1.21 bits per heavy atom. The first-order valence-electron chi connectivity index (χ1n) is 5.33. The maximum atomic E-state index is 5.61. The van der Waals surface area contributed by atoms with E-state index in [2.05, 4.69) is 37.8 Å². The van der Waals surface area contributed by atoms with Crippen LogP contribution in [0.4, 0.5) is 0 Å². The van der Waals surface area contributed by atoms with Gasteiger partial charge in [-0.1, -0.05) is 37.0 Å². The monoisotopic (exact) mass is 206 g/mol. The zero-order valence-corrected chi connectivity index (χ0v) is 10.3. The van der Waals surface area contributed by atoms with Crippen molar-refractivity contribution in [3.05, 3.63) is 23.8 Å². The van der Waals surface area contributed by atoms with Crippen molar-refractivity contribution in [2.45, 2.75) is 32.5 Å². The van der Waals surface area contributed by atoms with Gasteiger partial charge in [-0.15, -0.1) is 0 Å². The molecule has 1 heterocycles. The molecule has 14 heavy (non-hydrogen) atoms. The summed E-state index contributed by atoms with van der Waals surface area (Å²) in [5.41, 5.74) is 1.41. The molecule has 76 valence electrons. The largest absolute Gasteiger partial charge is 0.493 e. The second kappa shape index (κ2) is 3.43. The van der Waals surface area contributed by atoms with Crippen LogP contribution in [0.2, 0.25) is 19.6 Å². The van der Waals surface area contributed by atoms with Crippen LogP contribution in [0.15, 0.2) is 18.2 Å². The Morgan fingerprint density at radius 2 is 2.00 bits per heavy atom. The topological polar surface area (TPSA) is 9.23 Å². The minimum absolute atomic E-state index is 0.888. The van der Waals surface area contributed by atoms with Gasteiger partial charge in [0.1, 0.15) is 5.75 Å². The Morgan fingerprint density at radius 3 is 2.71 bits per heavy atom. The summed E-state index contributed by atoms with van der Waals surface area (Å²) in [6, 6.07) is 6.76. The van der Waals surface area contributed by atoms with Gasteiger partial charge in [0.15, 0.2) is 0 Å². The second-order valence-corrected chi connectivity index (χ2v) is 10.1. The van der Waals surface area contributed by atoms with E-state index in [-0.39, 0.29) is 0 Å². The Labute approximate surface area is 87.1 Å². The van der Waals surface area contributed by atoms with E-state index >= 15 is 0 Å². The third kappa shape index (κ3) is 1.85. The molecule has 1 aliphatic heterocycles. The van der Waals surface area contributed by atoms with Crippen LogP contribution in [0.3, 0.4) is 0 Å². The summed E-state index contributed by atoms with van der Waals surface area (Å²) in [7, 11) is -1.15. The van der Waals surface area contributed by atoms with Crippen molar-refractivity contribution >= 4 is 13.3 Å². The predicted octanol–water partition coefficient (Wildman–Crippen LogP) is 2.56. The van der Waals surface area contributed by atoms with Crippen LogP contribution in [0.5, 0.6) is 5.75 Å². The Kier molecular flexibility index (Phi) is 2.39. The van der Waals surface area contributed by atoms with Gasteiger partial charge < -0.3 is 4.74 Å². The van der Waals surface area contributed by atoms with Crippen LogP contribution in [-0.2, 0) is 6.42 Å². The minimum Gasteiger partial charge on any atom is -0.493 e. The van der Waals surface area contributed by atoms with Gasteiger partial charge in [0, 0.05) is 0 Å². The van der Waals surface area contributed by atoms with Gasteiger partial charge >= 0.3 is 0 Å². The third-order valence-corrected chi connectivity index (χ3v) is 4.82. The average Bonchev–Trinajstić information content (AvgIpc) is 2.16. The van der Waals surface area contributed by atoms with Gasteiger partial charge in [-0.05, 0) is 24.5 Å². The molecule has 0 amide bonds. The lowest BCUT2D eigenvalue weighted by Crippen LogP contribution is -2.37. The van der Waals surface area contributed by atoms with Crippen molar-refractivity contribution in [2.24, 2.45) is 0 Å². The molecule has 0 bridgehead atoms. The molecule has 0 saturated heterocycles. The summed E-state index contributed by atoms with van der Waals surface area (Å²) in [6.45, 7) is 8.05. The van der Waals surface area contributed by atoms with Gasteiger partial charge in [0.05, 0.1) is 14.7 Å². The number of benzene rings is 1. The fraction of sp³-hybridized carbons (Fsp3) is 0.500. The van der Waals surface area contributed by atoms with Gasteiger partial charge in [0.2, 0.25) is 0 Å². The highest BCUT2D eigenvalue weighted by Gasteiger charge is 2.19. The molecule has 0 atom stereocenters. The smallest absolute Gasteiger partial charge is 0.122 e. The standard InChI is InChI=1S/C12H18OSi/c1-14(2,3)11-6-7-12-10(9-11)5-4-8-13-12/h6-7,9H,4-5,8H2,1-3H3. The maximum absolute atomic E-state index is 5.61. The van der Waals surface area contributed by atoms with Crippen molar-refractivity contribution in [1.82, 2.24) is 0 Å². The van der Waals surface area contributed by atoms with Crippen LogP contribution < -0.4 is 9.92 Å². The Balaban J connectivity index is 2.39. The molecule has 0 fully saturated rings. The minimum atomic E-state index is -1.15. The molecule has 0 unspecified atom stereocenters. The fourth-order valence-electron chi connectivity index (χ4n) is 1.83. The van der Waals surface area contributed by atoms with E-state index in [0.29, 0.717) is 0 Å². The number of hydrogen-bond donors (Lipinski definition) is 0. The summed E-state index contributed by atoms with van der Waals surface area (Å²) >= 11 is 0. The van der Waals surface area contributed by atoms with E-state index in [1.807, 2.05) is 0 Å². The molecule has 0 aromatic heterocycles. The highest BCUT2D eigenvalue weighted by Crippen LogP contribution is 2.23. The Bertz CT molecular complexity index is 339. The Hall–Kier alpha value is -0.763. The van der Waals surface area contributed by atoms with Crippen molar-refractivity contribution in [2.75, 3.05) is 6.61 Å². The van der Waals surface area contributed by atoms with Crippen molar-refractivity contribution < 1.29 is 4.74 Å². The highest BCUT2D eigenvalue weighted by molar-refractivity contribution is 6.88. The molecule has 1 nitrogen and oxygen atoms in total. The van der Waals surface area contributed by atoms with Gasteiger partial charge in [0.25, 0.3) is 0 Å². The van der Waals surface area contributed by atoms with Crippen molar-refractivity contribution in [3.63, 3.8) is 0 Å². The molecule has 1 aliphatic rings. The van der Waals surface area contributed by atoms with Crippen LogP contribution in [-0.4, -0.2) is 14.7 Å². The van der Waals surface area contributed by atoms with Gasteiger partial charge in [-0.25, -0.2) is 0 Å². The van der Waals surface area contributed by atoms with E-state index in [1.165, 1.54) is 18.4 Å². The fourth-order valence-corrected chi connectivity index (χ4v) is 3.02. The molecule has 0 radical (unpaired) electrons. The molecule has 0 spiro atoms. The quantitative estimate of drug-likeness (QED) is 0.642. The van der Waals surface area contributed by atoms with Crippen LogP contribution in [0.25, 0.3) is 0 Å². The third-order valence-electron chi connectivity index (χ3n) is 2.77. The summed E-state index contributed by atoms with van der Waals surface area (Å²) in [5, 5.41) is 1.54. The lowest BCUT2D eigenvalue weighted by molar-refractivity contribution is 0.288. The number of aryl methyl sites for hydroxylation is 1. The normalized spacial score (nSPS) is 15.9. The summed E-state index contributed by atoms with van der Waals surface area (Å²) in [4.78, 5) is 0. The van der Waals surface area contributed by atoms with E-state index in [9.17, 15) is 0 Å². The molecule has 0 N–H and O–H groups in total. The molecular weight excluding hydrogens is 188 g/mol. The summed E-state index contributed by atoms with van der Waals surface area (Å²) in [5.74, 6) is 1.11. The molecule has 0 saturated carbocycles. The molecule has 1 aromatic carbocycles. The molecule has 2 heteroatoms. The zero-order valence-electron chi connectivity index (χ0n) is 9.26. The first kappa shape index (κ1) is 9.78. The molecular formula is C12H18OSi. The van der Waals surface area contributed by atoms with Crippen molar-refractivity contribution in [3.8, 4) is 5.75 Å². The SMILES string of the molecule is C[Si](C)(C)c1ccc2c(c1)CCCO2. The lowest BCUT2D eigenvalue weighted by Gasteiger charge is -2.22. The average molecular weight is 206 g/mol. The predicted molar refractivity (Wildman–Crippen MR) is 63.2 cm³/mol. The number of ether oxygens (including phenoxy) is 1. The van der Waals surface area contributed by atoms with E-state index in [1.54, 1.807) is 5.19 Å². The summed E-state index contributed by atoms with van der Waals surface area (Å²) in [6.07, 6.45) is 2.36. The van der Waals surface area contributed by atoms with Crippen LogP contribution in [0, 0.1) is 0 Å². The number of rotatable bonds is 1. The highest BCUT2D eigenvalue weighted by atomic mass is 28.3. The molecule has 0 aliphatic carbocycles. The van der Waals surface area contributed by atoms with E-state index in [4.69, 9.17) is 4.74 Å². The zero-order chi connectivity index (χ0) is 10.2. The van der Waals surface area contributed by atoms with E-state index < -0.39 is 8.07 Å². The van der Waals surface area contributed by atoms with Gasteiger partial charge in [-0.2, -0.15) is 0 Å². The summed E-state index contributed by atoms with van der Waals surface area (Å²) < 4.78 is 5.61. The van der Waals surface area contributed by atoms with Crippen LogP contribution in [0.1, 0.15) is 12.0 Å². The second-order valence-electron chi connectivity index (χ2n) is 5.02. The van der Waals surface area contributed by atoms with Crippen LogP contribution >= 0.6 is 0 Å². The molecule has 2 rings (SSSR count). The lowest BCUT2D eigenvalue weighted by atomic mass is 10.1. The van der Waals surface area contributed by atoms with Crippen molar-refractivity contribution in [1.29, 1.82) is 0 Å². The first-order chi connectivity index (χ1) is 6.57. The maximum Gasteiger partial charge on any atom is 0.122 e. The number of fused-ring (bicyclic) bond motifs is 1. The first-order valence-corrected chi connectivity index (χ1v) is 8.83. The number of hydrogen-bond acceptors (Lipinski definition) is 1. The van der Waals surface area contributed by atoms with E-state index in [0.717, 1.165) is 12.4 Å². The van der Waals surface area contributed by atoms with Gasteiger partial charge in [-0.3, -0.25) is 0 Å². The molecule has 1 aromatic rings.